The number of fused-ring (bicyclic) bond motifs is 1. The first-order chi connectivity index (χ1) is 11.3. The van der Waals surface area contributed by atoms with Gasteiger partial charge in [-0.15, -0.1) is 0 Å². The molecule has 4 rings (SSSR count). The number of rotatable bonds is 3. The zero-order valence-electron chi connectivity index (χ0n) is 12.5. The topological polar surface area (TPSA) is 70.7 Å². The minimum Gasteiger partial charge on any atom is -0.309 e. The van der Waals surface area contributed by atoms with Crippen molar-refractivity contribution in [3.63, 3.8) is 0 Å². The first kappa shape index (κ1) is 13.7. The molecule has 0 radical (unpaired) electrons. The molecule has 1 amide bonds. The monoisotopic (exact) mass is 304 g/mol. The third-order valence-corrected chi connectivity index (χ3v) is 4.24. The maximum Gasteiger partial charge on any atom is 0.229 e. The lowest BCUT2D eigenvalue weighted by molar-refractivity contribution is -0.119. The van der Waals surface area contributed by atoms with E-state index in [-0.39, 0.29) is 11.8 Å². The van der Waals surface area contributed by atoms with Crippen LogP contribution in [-0.2, 0) is 17.6 Å². The van der Waals surface area contributed by atoms with Crippen LogP contribution < -0.4 is 5.32 Å². The van der Waals surface area contributed by atoms with Crippen LogP contribution in [0.5, 0.6) is 0 Å². The molecule has 0 saturated carbocycles. The Hall–Kier alpha value is -2.95. The van der Waals surface area contributed by atoms with Crippen molar-refractivity contribution in [1.29, 1.82) is 0 Å². The van der Waals surface area contributed by atoms with Crippen LogP contribution in [-0.4, -0.2) is 21.1 Å². The maximum absolute atomic E-state index is 12.5. The van der Waals surface area contributed by atoms with E-state index in [1.165, 1.54) is 11.1 Å². The van der Waals surface area contributed by atoms with Crippen LogP contribution in [0.1, 0.15) is 11.1 Å². The smallest absolute Gasteiger partial charge is 0.229 e. The Labute approximate surface area is 133 Å². The van der Waals surface area contributed by atoms with Crippen molar-refractivity contribution in [3.05, 3.63) is 66.0 Å². The molecule has 23 heavy (non-hydrogen) atoms. The van der Waals surface area contributed by atoms with E-state index >= 15 is 0 Å². The van der Waals surface area contributed by atoms with E-state index in [1.807, 2.05) is 30.3 Å². The van der Waals surface area contributed by atoms with Crippen LogP contribution in [0.2, 0.25) is 0 Å². The van der Waals surface area contributed by atoms with Crippen molar-refractivity contribution in [3.8, 4) is 11.3 Å². The highest BCUT2D eigenvalue weighted by molar-refractivity contribution is 5.93. The quantitative estimate of drug-likeness (QED) is 0.781. The molecule has 5 nitrogen and oxygen atoms in total. The van der Waals surface area contributed by atoms with E-state index in [1.54, 1.807) is 12.4 Å². The van der Waals surface area contributed by atoms with Gasteiger partial charge < -0.3 is 5.32 Å². The summed E-state index contributed by atoms with van der Waals surface area (Å²) in [7, 11) is 0. The van der Waals surface area contributed by atoms with E-state index in [4.69, 9.17) is 0 Å². The molecule has 0 spiro atoms. The first-order valence-electron chi connectivity index (χ1n) is 7.63. The van der Waals surface area contributed by atoms with Gasteiger partial charge in [0.25, 0.3) is 0 Å². The summed E-state index contributed by atoms with van der Waals surface area (Å²) in [6, 6.07) is 13.9. The number of benzene rings is 1. The van der Waals surface area contributed by atoms with Gasteiger partial charge in [0.2, 0.25) is 5.91 Å². The van der Waals surface area contributed by atoms with E-state index in [0.717, 1.165) is 24.1 Å². The van der Waals surface area contributed by atoms with Crippen LogP contribution in [0.3, 0.4) is 0 Å². The van der Waals surface area contributed by atoms with Crippen molar-refractivity contribution in [2.75, 3.05) is 5.32 Å². The van der Waals surface area contributed by atoms with Crippen molar-refractivity contribution in [2.45, 2.75) is 12.8 Å². The molecule has 0 aliphatic heterocycles. The predicted molar refractivity (Wildman–Crippen MR) is 87.8 cm³/mol. The number of hydrogen-bond donors (Lipinski definition) is 2. The third kappa shape index (κ3) is 2.73. The normalized spacial score (nSPS) is 13.7. The Balaban J connectivity index is 1.45. The predicted octanol–water partition coefficient (Wildman–Crippen LogP) is 2.83. The molecular formula is C18H16N4O. The lowest BCUT2D eigenvalue weighted by atomic mass is 10.1. The number of pyridine rings is 1. The number of hydrogen-bond acceptors (Lipinski definition) is 3. The minimum atomic E-state index is -0.0199. The standard InChI is InChI=1S/C18H16N4O/c23-18(15-9-13-3-1-2-4-14(13)10-15)20-17-11-16(21-22-17)12-5-7-19-8-6-12/h1-8,11,15H,9-10H2,(H2,20,21,22,23). The van der Waals surface area contributed by atoms with Crippen LogP contribution in [0.4, 0.5) is 5.82 Å². The third-order valence-electron chi connectivity index (χ3n) is 4.24. The summed E-state index contributed by atoms with van der Waals surface area (Å²) in [5.41, 5.74) is 4.39. The second-order valence-corrected chi connectivity index (χ2v) is 5.77. The van der Waals surface area contributed by atoms with Gasteiger partial charge in [0.15, 0.2) is 5.82 Å². The molecule has 1 aliphatic rings. The Morgan fingerprint density at radius 2 is 1.78 bits per heavy atom. The summed E-state index contributed by atoms with van der Waals surface area (Å²) in [5.74, 6) is 0.556. The minimum absolute atomic E-state index is 0.0199. The van der Waals surface area contributed by atoms with Crippen LogP contribution in [0.25, 0.3) is 11.3 Å². The molecule has 0 bridgehead atoms. The van der Waals surface area contributed by atoms with Crippen molar-refractivity contribution < 1.29 is 4.79 Å². The highest BCUT2D eigenvalue weighted by atomic mass is 16.2. The Bertz CT molecular complexity index is 816. The molecule has 114 valence electrons. The van der Waals surface area contributed by atoms with Crippen LogP contribution in [0, 0.1) is 5.92 Å². The van der Waals surface area contributed by atoms with Gasteiger partial charge in [-0.2, -0.15) is 5.10 Å². The zero-order chi connectivity index (χ0) is 15.6. The van der Waals surface area contributed by atoms with Gasteiger partial charge in [0.1, 0.15) is 0 Å². The second-order valence-electron chi connectivity index (χ2n) is 5.77. The molecule has 0 saturated heterocycles. The molecule has 0 fully saturated rings. The summed E-state index contributed by atoms with van der Waals surface area (Å²) in [5, 5.41) is 10.0. The van der Waals surface area contributed by atoms with E-state index < -0.39 is 0 Å². The highest BCUT2D eigenvalue weighted by Gasteiger charge is 2.27. The maximum atomic E-state index is 12.5. The fourth-order valence-corrected chi connectivity index (χ4v) is 3.04. The number of aromatic nitrogens is 3. The van der Waals surface area contributed by atoms with E-state index in [2.05, 4.69) is 32.6 Å². The van der Waals surface area contributed by atoms with Crippen molar-refractivity contribution in [2.24, 2.45) is 5.92 Å². The molecule has 2 aromatic heterocycles. The van der Waals surface area contributed by atoms with Gasteiger partial charge in [-0.25, -0.2) is 0 Å². The van der Waals surface area contributed by atoms with Gasteiger partial charge in [0, 0.05) is 29.9 Å². The summed E-state index contributed by atoms with van der Waals surface area (Å²) in [6.45, 7) is 0. The number of carbonyl (C=O) groups excluding carboxylic acids is 1. The number of aromatic amines is 1. The number of nitrogens with one attached hydrogen (secondary N) is 2. The Morgan fingerprint density at radius 1 is 1.09 bits per heavy atom. The average Bonchev–Trinajstić information content (AvgIpc) is 3.22. The molecule has 2 heterocycles. The number of carbonyl (C=O) groups is 1. The summed E-state index contributed by atoms with van der Waals surface area (Å²) >= 11 is 0. The fourth-order valence-electron chi connectivity index (χ4n) is 3.04. The summed E-state index contributed by atoms with van der Waals surface area (Å²) < 4.78 is 0. The highest BCUT2D eigenvalue weighted by Crippen LogP contribution is 2.27. The lowest BCUT2D eigenvalue weighted by Crippen LogP contribution is -2.23. The second kappa shape index (κ2) is 5.68. The number of amides is 1. The average molecular weight is 304 g/mol. The van der Waals surface area contributed by atoms with Gasteiger partial charge in [-0.1, -0.05) is 24.3 Å². The van der Waals surface area contributed by atoms with Gasteiger partial charge >= 0.3 is 0 Å². The number of nitrogens with zero attached hydrogens (tertiary/aromatic N) is 2. The number of H-pyrrole nitrogens is 1. The first-order valence-corrected chi connectivity index (χ1v) is 7.63. The molecular weight excluding hydrogens is 288 g/mol. The van der Waals surface area contributed by atoms with Crippen LogP contribution >= 0.6 is 0 Å². The molecule has 1 aromatic carbocycles. The molecule has 0 unspecified atom stereocenters. The lowest BCUT2D eigenvalue weighted by Gasteiger charge is -2.07. The zero-order valence-corrected chi connectivity index (χ0v) is 12.5. The molecule has 5 heteroatoms. The molecule has 2 N–H and O–H groups in total. The SMILES string of the molecule is O=C(Nc1cc(-c2ccncc2)[nH]n1)C1Cc2ccccc2C1. The largest absolute Gasteiger partial charge is 0.309 e. The summed E-state index contributed by atoms with van der Waals surface area (Å²) in [4.78, 5) is 16.4. The Morgan fingerprint density at radius 3 is 2.48 bits per heavy atom. The van der Waals surface area contributed by atoms with Crippen molar-refractivity contribution in [1.82, 2.24) is 15.2 Å². The Kier molecular flexibility index (Phi) is 3.38. The van der Waals surface area contributed by atoms with Gasteiger partial charge in [0.05, 0.1) is 5.69 Å². The molecule has 0 atom stereocenters. The fraction of sp³-hybridized carbons (Fsp3) is 0.167. The van der Waals surface area contributed by atoms with Gasteiger partial charge in [-0.05, 0) is 36.1 Å². The van der Waals surface area contributed by atoms with E-state index in [9.17, 15) is 4.79 Å². The molecule has 3 aromatic rings. The van der Waals surface area contributed by atoms with Gasteiger partial charge in [-0.3, -0.25) is 14.9 Å². The van der Waals surface area contributed by atoms with Crippen molar-refractivity contribution >= 4 is 11.7 Å². The summed E-state index contributed by atoms with van der Waals surface area (Å²) in [6.07, 6.45) is 5.04. The van der Waals surface area contributed by atoms with E-state index in [0.29, 0.717) is 5.82 Å². The van der Waals surface area contributed by atoms with Crippen LogP contribution in [0.15, 0.2) is 54.9 Å². The molecule has 1 aliphatic carbocycles. The number of anilines is 1.